The Balaban J connectivity index is 1.34. The van der Waals surface area contributed by atoms with Crippen LogP contribution in [0.5, 0.6) is 0 Å². The highest BCUT2D eigenvalue weighted by molar-refractivity contribution is 7.70. The third-order valence-corrected chi connectivity index (χ3v) is 10.1. The standard InChI is InChI=1S/C21H26ClN5O7P2/c1-26(17-8-6-13-4-2-3-5-15(13)17)19-16-10-23-27(20(16)25-21(22)24-19)18-9-7-14(34-18)11-33-36(31,32)12-35(28,29)30/h2-5,10,14,17-18H,6-9,11-12H2,1H3,(H,31,32)(H2,28,29,30)/t14-,17-,18+/m0/s1. The van der Waals surface area contributed by atoms with Crippen LogP contribution in [0.3, 0.4) is 0 Å². The van der Waals surface area contributed by atoms with Gasteiger partial charge < -0.3 is 28.8 Å². The van der Waals surface area contributed by atoms with Crippen molar-refractivity contribution < 1.29 is 33.1 Å². The van der Waals surface area contributed by atoms with E-state index >= 15 is 0 Å². The molecule has 1 aliphatic carbocycles. The van der Waals surface area contributed by atoms with E-state index in [1.165, 1.54) is 11.1 Å². The first-order valence-corrected chi connectivity index (χ1v) is 15.3. The summed E-state index contributed by atoms with van der Waals surface area (Å²) in [7, 11) is -7.17. The molecular formula is C21H26ClN5O7P2. The number of fused-ring (bicyclic) bond motifs is 2. The van der Waals surface area contributed by atoms with Crippen molar-refractivity contribution >= 4 is 43.6 Å². The highest BCUT2D eigenvalue weighted by atomic mass is 35.5. The van der Waals surface area contributed by atoms with Crippen molar-refractivity contribution in [1.29, 1.82) is 0 Å². The third kappa shape index (κ3) is 5.37. The smallest absolute Gasteiger partial charge is 0.340 e. The third-order valence-electron chi connectivity index (χ3n) is 6.49. The van der Waals surface area contributed by atoms with E-state index in [1.807, 2.05) is 19.2 Å². The quantitative estimate of drug-likeness (QED) is 0.274. The van der Waals surface area contributed by atoms with Gasteiger partial charge in [0.15, 0.2) is 17.8 Å². The molecule has 1 aromatic carbocycles. The molecular weight excluding hydrogens is 532 g/mol. The van der Waals surface area contributed by atoms with Gasteiger partial charge in [-0.15, -0.1) is 0 Å². The van der Waals surface area contributed by atoms with E-state index in [1.54, 1.807) is 10.9 Å². The number of hydrogen-bond acceptors (Lipinski definition) is 8. The Morgan fingerprint density at radius 1 is 1.19 bits per heavy atom. The number of anilines is 1. The van der Waals surface area contributed by atoms with Gasteiger partial charge >= 0.3 is 15.2 Å². The summed E-state index contributed by atoms with van der Waals surface area (Å²) in [4.78, 5) is 38.6. The van der Waals surface area contributed by atoms with E-state index in [9.17, 15) is 14.0 Å². The van der Waals surface area contributed by atoms with Crippen molar-refractivity contribution in [3.8, 4) is 0 Å². The average Bonchev–Trinajstić information content (AvgIpc) is 3.53. The second-order valence-electron chi connectivity index (χ2n) is 9.04. The van der Waals surface area contributed by atoms with Crippen LogP contribution in [0.4, 0.5) is 5.82 Å². The number of halogens is 1. The van der Waals surface area contributed by atoms with Crippen LogP contribution >= 0.6 is 26.8 Å². The van der Waals surface area contributed by atoms with Gasteiger partial charge in [0.2, 0.25) is 5.28 Å². The summed E-state index contributed by atoms with van der Waals surface area (Å²) >= 11 is 6.32. The molecule has 15 heteroatoms. The summed E-state index contributed by atoms with van der Waals surface area (Å²) < 4.78 is 35.4. The van der Waals surface area contributed by atoms with Crippen LogP contribution < -0.4 is 4.90 Å². The second-order valence-corrected chi connectivity index (χ2v) is 13.4. The highest BCUT2D eigenvalue weighted by Crippen LogP contribution is 2.55. The molecule has 0 saturated carbocycles. The predicted molar refractivity (Wildman–Crippen MR) is 132 cm³/mol. The van der Waals surface area contributed by atoms with Crippen molar-refractivity contribution in [1.82, 2.24) is 19.7 Å². The normalized spacial score (nSPS) is 23.6. The minimum atomic E-state index is -4.70. The van der Waals surface area contributed by atoms with Gasteiger partial charge in [0.05, 0.1) is 30.3 Å². The fourth-order valence-electron chi connectivity index (χ4n) is 4.91. The van der Waals surface area contributed by atoms with Crippen molar-refractivity contribution in [3.05, 3.63) is 46.9 Å². The van der Waals surface area contributed by atoms with Gasteiger partial charge in [-0.3, -0.25) is 9.13 Å². The van der Waals surface area contributed by atoms with Crippen molar-refractivity contribution in [2.24, 2.45) is 0 Å². The number of aromatic nitrogens is 4. The zero-order valence-electron chi connectivity index (χ0n) is 19.3. The maximum atomic E-state index is 11.9. The molecule has 36 heavy (non-hydrogen) atoms. The van der Waals surface area contributed by atoms with E-state index in [0.717, 1.165) is 18.2 Å². The summed E-state index contributed by atoms with van der Waals surface area (Å²) in [5.41, 5.74) is 3.09. The molecule has 1 aliphatic heterocycles. The molecule has 0 radical (unpaired) electrons. The van der Waals surface area contributed by atoms with E-state index < -0.39 is 33.4 Å². The minimum Gasteiger partial charge on any atom is -0.352 e. The summed E-state index contributed by atoms with van der Waals surface area (Å²) in [6.07, 6.45) is 3.56. The number of ether oxygens (including phenoxy) is 1. The summed E-state index contributed by atoms with van der Waals surface area (Å²) in [5.74, 6) is -0.577. The molecule has 0 spiro atoms. The van der Waals surface area contributed by atoms with Crippen LogP contribution in [0.1, 0.15) is 42.7 Å². The van der Waals surface area contributed by atoms with Gasteiger partial charge in [-0.05, 0) is 48.4 Å². The molecule has 12 nitrogen and oxygen atoms in total. The summed E-state index contributed by atoms with van der Waals surface area (Å²) in [6.45, 7) is -0.283. The molecule has 4 atom stereocenters. The zero-order valence-corrected chi connectivity index (χ0v) is 21.9. The van der Waals surface area contributed by atoms with Crippen LogP contribution in [0.15, 0.2) is 30.5 Å². The number of hydrogen-bond donors (Lipinski definition) is 3. The number of benzene rings is 1. The van der Waals surface area contributed by atoms with Crippen molar-refractivity contribution in [3.63, 3.8) is 0 Å². The molecule has 1 unspecified atom stereocenters. The van der Waals surface area contributed by atoms with Crippen LogP contribution in [-0.2, 0) is 24.8 Å². The Morgan fingerprint density at radius 2 is 1.97 bits per heavy atom. The Morgan fingerprint density at radius 3 is 2.75 bits per heavy atom. The number of rotatable bonds is 8. The fourth-order valence-corrected chi connectivity index (χ4v) is 7.66. The van der Waals surface area contributed by atoms with Crippen LogP contribution in [-0.4, -0.2) is 60.1 Å². The lowest BCUT2D eigenvalue weighted by molar-refractivity contribution is -0.0230. The maximum absolute atomic E-state index is 11.9. The van der Waals surface area contributed by atoms with Gasteiger partial charge in [0.1, 0.15) is 5.82 Å². The molecule has 0 amide bonds. The Bertz CT molecular complexity index is 1380. The first-order chi connectivity index (χ1) is 17.0. The molecule has 3 heterocycles. The first kappa shape index (κ1) is 25.8. The lowest BCUT2D eigenvalue weighted by Crippen LogP contribution is -2.24. The highest BCUT2D eigenvalue weighted by Gasteiger charge is 2.35. The molecule has 2 aromatic heterocycles. The average molecular weight is 558 g/mol. The Hall–Kier alpha value is -1.88. The van der Waals surface area contributed by atoms with Gasteiger partial charge in [-0.2, -0.15) is 15.1 Å². The Kier molecular flexibility index (Phi) is 6.99. The molecule has 1 fully saturated rings. The molecule has 0 bridgehead atoms. The molecule has 3 aromatic rings. The largest absolute Gasteiger partial charge is 0.352 e. The first-order valence-electron chi connectivity index (χ1n) is 11.4. The monoisotopic (exact) mass is 557 g/mol. The van der Waals surface area contributed by atoms with E-state index in [4.69, 9.17) is 30.6 Å². The van der Waals surface area contributed by atoms with Crippen LogP contribution in [0.2, 0.25) is 5.28 Å². The lowest BCUT2D eigenvalue weighted by atomic mass is 10.1. The summed E-state index contributed by atoms with van der Waals surface area (Å²) in [6, 6.07) is 8.49. The van der Waals surface area contributed by atoms with Gasteiger partial charge in [-0.1, -0.05) is 24.3 Å². The van der Waals surface area contributed by atoms with Gasteiger partial charge in [0, 0.05) is 7.05 Å². The van der Waals surface area contributed by atoms with E-state index in [2.05, 4.69) is 32.1 Å². The fraction of sp³-hybridized carbons (Fsp3) is 0.476. The zero-order chi connectivity index (χ0) is 25.7. The van der Waals surface area contributed by atoms with E-state index in [0.29, 0.717) is 24.3 Å². The van der Waals surface area contributed by atoms with Gasteiger partial charge in [-0.25, -0.2) is 4.68 Å². The van der Waals surface area contributed by atoms with Gasteiger partial charge in [0.25, 0.3) is 0 Å². The second kappa shape index (κ2) is 9.78. The predicted octanol–water partition coefficient (Wildman–Crippen LogP) is 3.62. The molecule has 3 N–H and O–H groups in total. The van der Waals surface area contributed by atoms with Crippen LogP contribution in [0, 0.1) is 0 Å². The summed E-state index contributed by atoms with van der Waals surface area (Å²) in [5, 5.41) is 5.28. The molecule has 5 rings (SSSR count). The molecule has 1 saturated heterocycles. The Labute approximate surface area is 211 Å². The minimum absolute atomic E-state index is 0.0777. The van der Waals surface area contributed by atoms with Crippen LogP contribution in [0.25, 0.3) is 11.0 Å². The molecule has 194 valence electrons. The maximum Gasteiger partial charge on any atom is 0.340 e. The molecule has 2 aliphatic rings. The topological polar surface area (TPSA) is 160 Å². The lowest BCUT2D eigenvalue weighted by Gasteiger charge is -2.27. The van der Waals surface area contributed by atoms with E-state index in [-0.39, 0.29) is 17.9 Å². The van der Waals surface area contributed by atoms with Crippen molar-refractivity contribution in [2.45, 2.75) is 44.1 Å². The number of nitrogens with zero attached hydrogens (tertiary/aromatic N) is 5. The SMILES string of the molecule is CN(c1nc(Cl)nc2c1cnn2[C@H]1CC[C@@H](COP(=O)(O)CP(=O)(O)O)O1)[C@H]1CCc2ccccc21. The number of aryl methyl sites for hydroxylation is 1. The van der Waals surface area contributed by atoms with Crippen molar-refractivity contribution in [2.75, 3.05) is 24.5 Å².